The Labute approximate surface area is 231 Å². The third kappa shape index (κ3) is 5.81. The van der Waals surface area contributed by atoms with Crippen LogP contribution in [0.1, 0.15) is 30.7 Å². The van der Waals surface area contributed by atoms with Gasteiger partial charge in [0, 0.05) is 47.4 Å². The van der Waals surface area contributed by atoms with Gasteiger partial charge in [-0.05, 0) is 56.8 Å². The Morgan fingerprint density at radius 3 is 2.74 bits per heavy atom. The van der Waals surface area contributed by atoms with E-state index in [0.717, 1.165) is 22.8 Å². The van der Waals surface area contributed by atoms with Gasteiger partial charge in [0.15, 0.2) is 10.9 Å². The summed E-state index contributed by atoms with van der Waals surface area (Å²) in [6.07, 6.45) is 0.511. The van der Waals surface area contributed by atoms with Gasteiger partial charge in [0.25, 0.3) is 0 Å². The van der Waals surface area contributed by atoms with Crippen molar-refractivity contribution in [3.05, 3.63) is 47.1 Å². The van der Waals surface area contributed by atoms with Crippen molar-refractivity contribution in [1.82, 2.24) is 20.3 Å². The van der Waals surface area contributed by atoms with E-state index in [1.165, 1.54) is 11.3 Å². The lowest BCUT2D eigenvalue weighted by Gasteiger charge is -2.34. The Balaban J connectivity index is 1.44. The molecule has 5 rings (SSSR count). The van der Waals surface area contributed by atoms with Crippen molar-refractivity contribution in [2.24, 2.45) is 0 Å². The molecule has 0 bridgehead atoms. The molecule has 1 aromatic carbocycles. The number of morpholine rings is 1. The zero-order valence-corrected chi connectivity index (χ0v) is 23.6. The molecule has 1 aliphatic carbocycles. The summed E-state index contributed by atoms with van der Waals surface area (Å²) in [4.78, 5) is 16.1. The minimum atomic E-state index is -3.52. The summed E-state index contributed by atoms with van der Waals surface area (Å²) in [5.74, 6) is 1.10. The number of hydrogen-bond acceptors (Lipinski definition) is 10. The van der Waals surface area contributed by atoms with Crippen LogP contribution in [0.2, 0.25) is 0 Å². The number of aryl methyl sites for hydroxylation is 1. The molecule has 0 spiro atoms. The number of nitrogens with zero attached hydrogens (tertiary/aromatic N) is 4. The van der Waals surface area contributed by atoms with E-state index >= 15 is 0 Å². The van der Waals surface area contributed by atoms with Gasteiger partial charge in [-0.3, -0.25) is 0 Å². The molecule has 3 atom stereocenters. The number of anilines is 2. The van der Waals surface area contributed by atoms with Gasteiger partial charge in [-0.1, -0.05) is 0 Å². The van der Waals surface area contributed by atoms with Crippen LogP contribution >= 0.6 is 23.6 Å². The summed E-state index contributed by atoms with van der Waals surface area (Å²) in [6.45, 7) is 6.15. The summed E-state index contributed by atoms with van der Waals surface area (Å²) in [7, 11) is -3.52. The van der Waals surface area contributed by atoms with E-state index in [1.54, 1.807) is 12.3 Å². The number of benzene rings is 1. The first-order valence-corrected chi connectivity index (χ1v) is 15.2. The minimum absolute atomic E-state index is 0.00877. The molecule has 1 saturated heterocycles. The van der Waals surface area contributed by atoms with Gasteiger partial charge in [0.1, 0.15) is 5.82 Å². The number of aliphatic hydroxyl groups is 1. The molecule has 2 aromatic heterocycles. The van der Waals surface area contributed by atoms with Crippen LogP contribution in [0.3, 0.4) is 0 Å². The highest BCUT2D eigenvalue weighted by molar-refractivity contribution is 7.94. The second-order valence-electron chi connectivity index (χ2n) is 9.45. The summed E-state index contributed by atoms with van der Waals surface area (Å²) < 4.78 is 32.2. The maximum atomic E-state index is 13.2. The highest BCUT2D eigenvalue weighted by Gasteiger charge is 2.51. The topological polar surface area (TPSA) is 130 Å². The molecule has 1 saturated carbocycles. The number of sulfone groups is 1. The predicted octanol–water partition coefficient (Wildman–Crippen LogP) is 2.74. The predicted molar refractivity (Wildman–Crippen MR) is 152 cm³/mol. The standard InChI is InChI=1S/C25H30N6O4S3/c1-15-14-37-25(27-15)38(33,34)21-11-19(21)20-12-22(31-8-10-35-13-16(31)2)30-23(29-20)17-3-5-18(6-4-17)28-24(36)26-7-9-32/h3-6,12,14,16,19,21,32H,7-11,13H2,1-2H3,(H2,26,28,36)/t16-,19?,21?/m0/s1. The zero-order valence-electron chi connectivity index (χ0n) is 21.1. The zero-order chi connectivity index (χ0) is 26.9. The van der Waals surface area contributed by atoms with Gasteiger partial charge in [-0.25, -0.2) is 23.4 Å². The van der Waals surface area contributed by atoms with E-state index < -0.39 is 15.1 Å². The maximum absolute atomic E-state index is 13.2. The fraction of sp³-hybridized carbons (Fsp3) is 0.440. The SMILES string of the molecule is Cc1csc(S(=O)(=O)C2CC2c2cc(N3CCOC[C@@H]3C)nc(-c3ccc(NC(=S)NCCO)cc3)n2)n1. The van der Waals surface area contributed by atoms with Crippen LogP contribution in [-0.2, 0) is 14.6 Å². The molecule has 2 unspecified atom stereocenters. The van der Waals surface area contributed by atoms with Crippen LogP contribution in [-0.4, -0.2) is 77.8 Å². The normalized spacial score (nSPS) is 21.2. The maximum Gasteiger partial charge on any atom is 0.209 e. The smallest absolute Gasteiger partial charge is 0.209 e. The average molecular weight is 575 g/mol. The fourth-order valence-corrected chi connectivity index (χ4v) is 7.81. The second kappa shape index (κ2) is 11.2. The molecule has 2 fully saturated rings. The molecule has 3 aromatic rings. The number of rotatable bonds is 8. The number of thiazole rings is 1. The Bertz CT molecular complexity index is 1410. The molecular formula is C25H30N6O4S3. The van der Waals surface area contributed by atoms with Crippen molar-refractivity contribution in [3.8, 4) is 11.4 Å². The van der Waals surface area contributed by atoms with E-state index in [1.807, 2.05) is 30.3 Å². The Hall–Kier alpha value is -2.71. The van der Waals surface area contributed by atoms with Crippen molar-refractivity contribution >= 4 is 50.0 Å². The molecule has 1 aliphatic heterocycles. The largest absolute Gasteiger partial charge is 0.395 e. The molecular weight excluding hydrogens is 545 g/mol. The van der Waals surface area contributed by atoms with Crippen molar-refractivity contribution in [2.75, 3.05) is 43.1 Å². The van der Waals surface area contributed by atoms with Crippen molar-refractivity contribution < 1.29 is 18.3 Å². The summed E-state index contributed by atoms with van der Waals surface area (Å²) >= 11 is 6.40. The lowest BCUT2D eigenvalue weighted by molar-refractivity contribution is 0.0985. The van der Waals surface area contributed by atoms with Crippen LogP contribution in [0, 0.1) is 6.92 Å². The van der Waals surface area contributed by atoms with Gasteiger partial charge >= 0.3 is 0 Å². The number of ether oxygens (including phenoxy) is 1. The average Bonchev–Trinajstić information content (AvgIpc) is 3.61. The Morgan fingerprint density at radius 1 is 1.26 bits per heavy atom. The Morgan fingerprint density at radius 2 is 2.05 bits per heavy atom. The van der Waals surface area contributed by atoms with Crippen molar-refractivity contribution in [1.29, 1.82) is 0 Å². The summed E-state index contributed by atoms with van der Waals surface area (Å²) in [5.41, 5.74) is 3.03. The molecule has 13 heteroatoms. The number of thiocarbonyl (C=S) groups is 1. The Kier molecular flexibility index (Phi) is 7.91. The lowest BCUT2D eigenvalue weighted by Crippen LogP contribution is -2.44. The highest BCUT2D eigenvalue weighted by atomic mass is 32.2. The van der Waals surface area contributed by atoms with E-state index in [9.17, 15) is 8.42 Å². The molecule has 0 radical (unpaired) electrons. The van der Waals surface area contributed by atoms with E-state index in [-0.39, 0.29) is 22.9 Å². The second-order valence-corrected chi connectivity index (χ2v) is 13.1. The van der Waals surface area contributed by atoms with Gasteiger partial charge in [0.2, 0.25) is 14.2 Å². The van der Waals surface area contributed by atoms with Gasteiger partial charge in [-0.2, -0.15) is 0 Å². The van der Waals surface area contributed by atoms with Gasteiger partial charge in [0.05, 0.1) is 36.8 Å². The van der Waals surface area contributed by atoms with E-state index in [2.05, 4.69) is 27.4 Å². The number of nitrogens with one attached hydrogen (secondary N) is 2. The first-order chi connectivity index (χ1) is 18.3. The third-order valence-electron chi connectivity index (χ3n) is 6.54. The van der Waals surface area contributed by atoms with Gasteiger partial charge < -0.3 is 25.4 Å². The first-order valence-electron chi connectivity index (χ1n) is 12.4. The molecule has 202 valence electrons. The van der Waals surface area contributed by atoms with E-state index in [0.29, 0.717) is 49.4 Å². The van der Waals surface area contributed by atoms with Gasteiger partial charge in [-0.15, -0.1) is 11.3 Å². The van der Waals surface area contributed by atoms with Crippen LogP contribution < -0.4 is 15.5 Å². The first kappa shape index (κ1) is 26.9. The molecule has 2 aliphatic rings. The molecule has 3 N–H and O–H groups in total. The van der Waals surface area contributed by atoms with Crippen LogP contribution in [0.15, 0.2) is 40.1 Å². The monoisotopic (exact) mass is 574 g/mol. The molecule has 0 amide bonds. The van der Waals surface area contributed by atoms with E-state index in [4.69, 9.17) is 32.0 Å². The number of aliphatic hydroxyl groups excluding tert-OH is 1. The van der Waals surface area contributed by atoms with Crippen molar-refractivity contribution in [3.63, 3.8) is 0 Å². The highest BCUT2D eigenvalue weighted by Crippen LogP contribution is 2.48. The molecule has 38 heavy (non-hydrogen) atoms. The lowest BCUT2D eigenvalue weighted by atomic mass is 10.1. The van der Waals surface area contributed by atoms with Crippen LogP contribution in [0.5, 0.6) is 0 Å². The summed E-state index contributed by atoms with van der Waals surface area (Å²) in [5, 5.41) is 16.6. The fourth-order valence-electron chi connectivity index (χ4n) is 4.45. The summed E-state index contributed by atoms with van der Waals surface area (Å²) in [6, 6.07) is 9.63. The minimum Gasteiger partial charge on any atom is -0.395 e. The van der Waals surface area contributed by atoms with Crippen molar-refractivity contribution in [2.45, 2.75) is 41.8 Å². The molecule has 10 nitrogen and oxygen atoms in total. The third-order valence-corrected chi connectivity index (χ3v) is 10.4. The van der Waals surface area contributed by atoms with Crippen LogP contribution in [0.25, 0.3) is 11.4 Å². The number of hydrogen-bond donors (Lipinski definition) is 3. The molecule has 3 heterocycles. The van der Waals surface area contributed by atoms with Crippen LogP contribution in [0.4, 0.5) is 11.5 Å². The number of aromatic nitrogens is 3. The quantitative estimate of drug-likeness (QED) is 0.344.